The van der Waals surface area contributed by atoms with Gasteiger partial charge in [-0.15, -0.1) is 0 Å². The lowest BCUT2D eigenvalue weighted by atomic mass is 10.1. The van der Waals surface area contributed by atoms with Crippen LogP contribution in [0.25, 0.3) is 6.08 Å². The highest BCUT2D eigenvalue weighted by Crippen LogP contribution is 2.34. The molecule has 2 aromatic rings. The molecule has 2 aromatic carbocycles. The maximum atomic E-state index is 12.6. The van der Waals surface area contributed by atoms with Crippen LogP contribution in [0.15, 0.2) is 53.4 Å². The Hall–Kier alpha value is -3.13. The highest BCUT2D eigenvalue weighted by Gasteiger charge is 2.36. The van der Waals surface area contributed by atoms with Gasteiger partial charge in [0.05, 0.1) is 16.4 Å². The summed E-state index contributed by atoms with van der Waals surface area (Å²) in [4.78, 5) is 38.8. The van der Waals surface area contributed by atoms with E-state index in [1.54, 1.807) is 24.3 Å². The molecule has 0 N–H and O–H groups in total. The summed E-state index contributed by atoms with van der Waals surface area (Å²) in [5.74, 6) is -0.445. The maximum absolute atomic E-state index is 12.6. The molecule has 0 bridgehead atoms. The molecule has 7 nitrogen and oxygen atoms in total. The highest BCUT2D eigenvalue weighted by molar-refractivity contribution is 8.18. The van der Waals surface area contributed by atoms with E-state index < -0.39 is 16.1 Å². The average molecular weight is 383 g/mol. The molecule has 1 heterocycles. The van der Waals surface area contributed by atoms with E-state index >= 15 is 0 Å². The summed E-state index contributed by atoms with van der Waals surface area (Å²) < 4.78 is 0. The molecule has 0 aromatic heterocycles. The fourth-order valence-corrected chi connectivity index (χ4v) is 3.49. The minimum absolute atomic E-state index is 0.111. The molecule has 138 valence electrons. The molecule has 1 aliphatic heterocycles. The molecule has 0 atom stereocenters. The van der Waals surface area contributed by atoms with Gasteiger partial charge < -0.3 is 4.90 Å². The Morgan fingerprint density at radius 2 is 1.78 bits per heavy atom. The summed E-state index contributed by atoms with van der Waals surface area (Å²) in [6.45, 7) is -0.126. The van der Waals surface area contributed by atoms with Crippen molar-refractivity contribution in [2.75, 3.05) is 19.0 Å². The monoisotopic (exact) mass is 383 g/mol. The quantitative estimate of drug-likeness (QED) is 0.442. The molecular weight excluding hydrogens is 366 g/mol. The van der Waals surface area contributed by atoms with Crippen molar-refractivity contribution in [2.45, 2.75) is 6.54 Å². The van der Waals surface area contributed by atoms with Crippen LogP contribution in [0.4, 0.5) is 16.2 Å². The number of imide groups is 1. The van der Waals surface area contributed by atoms with Crippen molar-refractivity contribution in [3.8, 4) is 0 Å². The SMILES string of the molecule is CN(C)c1ccc(/C=C2\SC(=O)N(Cc3ccccc3[N+](=O)[O-])C2=O)cc1. The summed E-state index contributed by atoms with van der Waals surface area (Å²) in [6, 6.07) is 13.7. The van der Waals surface area contributed by atoms with E-state index in [1.807, 2.05) is 43.3 Å². The number of carbonyl (C=O) groups excluding carboxylic acids is 2. The Balaban J connectivity index is 1.82. The van der Waals surface area contributed by atoms with Crippen LogP contribution in [0.2, 0.25) is 0 Å². The van der Waals surface area contributed by atoms with Crippen LogP contribution in [0.3, 0.4) is 0 Å². The summed E-state index contributed by atoms with van der Waals surface area (Å²) in [5, 5.41) is 10.7. The van der Waals surface area contributed by atoms with Crippen molar-refractivity contribution >= 4 is 40.4 Å². The topological polar surface area (TPSA) is 83.8 Å². The molecular formula is C19H17N3O4S. The van der Waals surface area contributed by atoms with E-state index in [-0.39, 0.29) is 12.2 Å². The number of hydrogen-bond donors (Lipinski definition) is 0. The van der Waals surface area contributed by atoms with Crippen molar-refractivity contribution in [3.63, 3.8) is 0 Å². The van der Waals surface area contributed by atoms with Crippen LogP contribution in [-0.4, -0.2) is 35.1 Å². The van der Waals surface area contributed by atoms with Crippen LogP contribution in [0.5, 0.6) is 0 Å². The first-order valence-electron chi connectivity index (χ1n) is 8.12. The van der Waals surface area contributed by atoms with Gasteiger partial charge in [0.25, 0.3) is 16.8 Å². The molecule has 0 radical (unpaired) electrons. The highest BCUT2D eigenvalue weighted by atomic mass is 32.2. The molecule has 1 saturated heterocycles. The van der Waals surface area contributed by atoms with Gasteiger partial charge in [0.15, 0.2) is 0 Å². The summed E-state index contributed by atoms with van der Waals surface area (Å²) >= 11 is 0.839. The van der Waals surface area contributed by atoms with Crippen LogP contribution in [0, 0.1) is 10.1 Å². The van der Waals surface area contributed by atoms with Gasteiger partial charge in [-0.1, -0.05) is 30.3 Å². The molecule has 27 heavy (non-hydrogen) atoms. The summed E-state index contributed by atoms with van der Waals surface area (Å²) in [6.07, 6.45) is 1.66. The number of hydrogen-bond acceptors (Lipinski definition) is 6. The van der Waals surface area contributed by atoms with Gasteiger partial charge in [0.2, 0.25) is 0 Å². The molecule has 0 unspecified atom stereocenters. The van der Waals surface area contributed by atoms with E-state index in [1.165, 1.54) is 6.07 Å². The Kier molecular flexibility index (Phi) is 5.27. The van der Waals surface area contributed by atoms with Gasteiger partial charge in [-0.25, -0.2) is 0 Å². The van der Waals surface area contributed by atoms with Crippen LogP contribution >= 0.6 is 11.8 Å². The summed E-state index contributed by atoms with van der Waals surface area (Å²) in [5.41, 5.74) is 2.04. The van der Waals surface area contributed by atoms with Crippen molar-refractivity contribution < 1.29 is 14.5 Å². The molecule has 2 amide bonds. The number of nitro benzene ring substituents is 1. The molecule has 1 fully saturated rings. The molecule has 3 rings (SSSR count). The predicted octanol–water partition coefficient (Wildman–Crippen LogP) is 3.90. The number of carbonyl (C=O) groups is 2. The number of amides is 2. The zero-order valence-corrected chi connectivity index (χ0v) is 15.6. The van der Waals surface area contributed by atoms with E-state index in [0.29, 0.717) is 10.5 Å². The minimum Gasteiger partial charge on any atom is -0.378 e. The third-order valence-corrected chi connectivity index (χ3v) is 5.01. The van der Waals surface area contributed by atoms with Gasteiger partial charge in [-0.05, 0) is 35.5 Å². The van der Waals surface area contributed by atoms with E-state index in [0.717, 1.165) is 27.9 Å². The first-order valence-corrected chi connectivity index (χ1v) is 8.93. The van der Waals surface area contributed by atoms with Crippen LogP contribution in [0.1, 0.15) is 11.1 Å². The summed E-state index contributed by atoms with van der Waals surface area (Å²) in [7, 11) is 3.87. The van der Waals surface area contributed by atoms with Gasteiger partial charge in [0.1, 0.15) is 0 Å². The first kappa shape index (κ1) is 18.7. The number of rotatable bonds is 5. The fraction of sp³-hybridized carbons (Fsp3) is 0.158. The fourth-order valence-electron chi connectivity index (χ4n) is 2.65. The molecule has 0 aliphatic carbocycles. The lowest BCUT2D eigenvalue weighted by Crippen LogP contribution is -2.27. The normalized spacial score (nSPS) is 15.5. The third kappa shape index (κ3) is 4.01. The van der Waals surface area contributed by atoms with Crippen molar-refractivity contribution in [2.24, 2.45) is 0 Å². The Bertz CT molecular complexity index is 938. The number of thioether (sulfide) groups is 1. The van der Waals surface area contributed by atoms with E-state index in [2.05, 4.69) is 0 Å². The zero-order chi connectivity index (χ0) is 19.6. The second-order valence-corrected chi connectivity index (χ2v) is 7.13. The maximum Gasteiger partial charge on any atom is 0.293 e. The van der Waals surface area contributed by atoms with E-state index in [9.17, 15) is 19.7 Å². The smallest absolute Gasteiger partial charge is 0.293 e. The van der Waals surface area contributed by atoms with Crippen molar-refractivity contribution in [1.29, 1.82) is 0 Å². The zero-order valence-electron chi connectivity index (χ0n) is 14.8. The largest absolute Gasteiger partial charge is 0.378 e. The Labute approximate surface area is 160 Å². The van der Waals surface area contributed by atoms with Crippen LogP contribution in [-0.2, 0) is 11.3 Å². The number of nitro groups is 1. The predicted molar refractivity (Wildman–Crippen MR) is 105 cm³/mol. The standard InChI is InChI=1S/C19H17N3O4S/c1-20(2)15-9-7-13(8-10-15)11-17-18(23)21(19(24)27-17)12-14-5-3-4-6-16(14)22(25)26/h3-11H,12H2,1-2H3/b17-11-. The van der Waals surface area contributed by atoms with Crippen LogP contribution < -0.4 is 4.90 Å². The first-order chi connectivity index (χ1) is 12.9. The molecule has 0 saturated carbocycles. The minimum atomic E-state index is -0.517. The lowest BCUT2D eigenvalue weighted by Gasteiger charge is -2.12. The van der Waals surface area contributed by atoms with Gasteiger partial charge in [0, 0.05) is 31.4 Å². The second-order valence-electron chi connectivity index (χ2n) is 6.14. The van der Waals surface area contributed by atoms with Gasteiger partial charge >= 0.3 is 0 Å². The number of anilines is 1. The Morgan fingerprint density at radius 1 is 1.11 bits per heavy atom. The van der Waals surface area contributed by atoms with Gasteiger partial charge in [-0.3, -0.25) is 24.6 Å². The average Bonchev–Trinajstić information content (AvgIpc) is 2.90. The Morgan fingerprint density at radius 3 is 2.41 bits per heavy atom. The second kappa shape index (κ2) is 7.63. The molecule has 0 spiro atoms. The lowest BCUT2D eigenvalue weighted by molar-refractivity contribution is -0.385. The molecule has 1 aliphatic rings. The number of para-hydroxylation sites is 1. The van der Waals surface area contributed by atoms with Gasteiger partial charge in [-0.2, -0.15) is 0 Å². The van der Waals surface area contributed by atoms with E-state index in [4.69, 9.17) is 0 Å². The molecule has 8 heteroatoms. The number of nitrogens with zero attached hydrogens (tertiary/aromatic N) is 3. The van der Waals surface area contributed by atoms with Crippen molar-refractivity contribution in [3.05, 3.63) is 74.7 Å². The van der Waals surface area contributed by atoms with Crippen molar-refractivity contribution in [1.82, 2.24) is 4.90 Å². The number of benzene rings is 2. The third-order valence-electron chi connectivity index (χ3n) is 4.10.